The van der Waals surface area contributed by atoms with Crippen LogP contribution < -0.4 is 0 Å². The van der Waals surface area contributed by atoms with Crippen molar-refractivity contribution in [2.45, 2.75) is 33.0 Å². The summed E-state index contributed by atoms with van der Waals surface area (Å²) >= 11 is 0. The predicted molar refractivity (Wildman–Crippen MR) is 36.4 cm³/mol. The van der Waals surface area contributed by atoms with Gasteiger partial charge in [-0.3, -0.25) is 0 Å². The summed E-state index contributed by atoms with van der Waals surface area (Å²) in [5, 5.41) is 0. The number of nitrogens with zero attached hydrogens (tertiary/aromatic N) is 1. The van der Waals surface area contributed by atoms with E-state index in [4.69, 9.17) is 0 Å². The third kappa shape index (κ3) is 1.04. The summed E-state index contributed by atoms with van der Waals surface area (Å²) in [6.45, 7) is 5.34. The number of rotatable bonds is 1. The first-order valence-corrected chi connectivity index (χ1v) is 4.53. The van der Waals surface area contributed by atoms with Gasteiger partial charge in [0.05, 0.1) is 0 Å². The first-order chi connectivity index (χ1) is 4.45. The van der Waals surface area contributed by atoms with Crippen LogP contribution in [0.2, 0.25) is 0 Å². The monoisotopic (exact) mass is 165 g/mol. The van der Waals surface area contributed by atoms with Crippen LogP contribution in [0.15, 0.2) is 0 Å². The Balaban J connectivity index is 2.76. The number of hydrogen-bond acceptors (Lipinski definition) is 3. The second kappa shape index (κ2) is 2.18. The molecule has 0 aromatic heterocycles. The lowest BCUT2D eigenvalue weighted by Crippen LogP contribution is -2.55. The second-order valence-electron chi connectivity index (χ2n) is 2.58. The molecule has 1 heterocycles. The molecular weight excluding hydrogens is 154 g/mol. The first kappa shape index (κ1) is 7.97. The molecule has 10 heavy (non-hydrogen) atoms. The summed E-state index contributed by atoms with van der Waals surface area (Å²) in [7, 11) is -3.34. The molecule has 1 saturated heterocycles. The van der Waals surface area contributed by atoms with Crippen LogP contribution in [0.5, 0.6) is 0 Å². The molecule has 1 fully saturated rings. The Kier molecular flexibility index (Phi) is 1.74. The van der Waals surface area contributed by atoms with Crippen molar-refractivity contribution in [2.24, 2.45) is 0 Å². The predicted octanol–water partition coefficient (Wildman–Crippen LogP) is 0.318. The van der Waals surface area contributed by atoms with Crippen LogP contribution >= 0.6 is 0 Å². The smallest absolute Gasteiger partial charge is 0.238 e. The van der Waals surface area contributed by atoms with Crippen LogP contribution in [0.25, 0.3) is 0 Å². The maximum absolute atomic E-state index is 10.8. The minimum atomic E-state index is -3.34. The van der Waals surface area contributed by atoms with E-state index in [9.17, 15) is 8.42 Å². The summed E-state index contributed by atoms with van der Waals surface area (Å²) in [4.78, 5) is 0. The fraction of sp³-hybridized carbons (Fsp3) is 1.00. The summed E-state index contributed by atoms with van der Waals surface area (Å²) in [5.74, 6) is 0. The molecule has 1 rings (SSSR count). The van der Waals surface area contributed by atoms with Crippen LogP contribution in [0.4, 0.5) is 0 Å². The largest absolute Gasteiger partial charge is 0.342 e. The van der Waals surface area contributed by atoms with Crippen molar-refractivity contribution in [1.29, 1.82) is 0 Å². The van der Waals surface area contributed by atoms with Crippen molar-refractivity contribution < 1.29 is 12.6 Å². The van der Waals surface area contributed by atoms with Gasteiger partial charge in [-0.2, -0.15) is 8.42 Å². The molecule has 1 aliphatic heterocycles. The molecule has 0 aromatic rings. The van der Waals surface area contributed by atoms with Crippen molar-refractivity contribution in [1.82, 2.24) is 4.31 Å². The lowest BCUT2D eigenvalue weighted by atomic mass is 10.4. The molecule has 1 aliphatic rings. The lowest BCUT2D eigenvalue weighted by Gasteiger charge is -2.38. The summed E-state index contributed by atoms with van der Waals surface area (Å²) in [6, 6.07) is -0.00579. The Morgan fingerprint density at radius 2 is 2.00 bits per heavy atom. The van der Waals surface area contributed by atoms with Crippen LogP contribution in [0, 0.1) is 0 Å². The summed E-state index contributed by atoms with van der Waals surface area (Å²) < 4.78 is 27.4. The molecule has 60 valence electrons. The van der Waals surface area contributed by atoms with E-state index >= 15 is 0 Å². The van der Waals surface area contributed by atoms with Gasteiger partial charge in [0.1, 0.15) is 6.23 Å². The van der Waals surface area contributed by atoms with Gasteiger partial charge in [-0.1, -0.05) is 0 Å². The molecule has 0 amide bonds. The van der Waals surface area contributed by atoms with E-state index in [1.807, 2.05) is 13.8 Å². The van der Waals surface area contributed by atoms with Gasteiger partial charge in [-0.25, -0.2) is 4.18 Å². The van der Waals surface area contributed by atoms with Crippen LogP contribution in [-0.4, -0.2) is 25.0 Å². The Morgan fingerprint density at radius 3 is 2.10 bits per heavy atom. The Hall–Kier alpha value is -0.130. The van der Waals surface area contributed by atoms with E-state index in [2.05, 4.69) is 4.18 Å². The average molecular weight is 165 g/mol. The maximum atomic E-state index is 10.8. The van der Waals surface area contributed by atoms with Crippen molar-refractivity contribution in [3.05, 3.63) is 0 Å². The van der Waals surface area contributed by atoms with Crippen LogP contribution in [-0.2, 0) is 14.5 Å². The number of hydrogen-bond donors (Lipinski definition) is 0. The van der Waals surface area contributed by atoms with Gasteiger partial charge in [0.2, 0.25) is 0 Å². The van der Waals surface area contributed by atoms with E-state index in [1.54, 1.807) is 6.92 Å². The zero-order chi connectivity index (χ0) is 7.94. The van der Waals surface area contributed by atoms with E-state index in [0.717, 1.165) is 0 Å². The van der Waals surface area contributed by atoms with Gasteiger partial charge in [0, 0.05) is 6.04 Å². The van der Waals surface area contributed by atoms with Gasteiger partial charge < -0.3 is 0 Å². The molecule has 0 aromatic carbocycles. The zero-order valence-electron chi connectivity index (χ0n) is 6.23. The highest BCUT2D eigenvalue weighted by Gasteiger charge is 2.43. The molecule has 1 unspecified atom stereocenters. The minimum Gasteiger partial charge on any atom is -0.238 e. The molecule has 4 nitrogen and oxygen atoms in total. The van der Waals surface area contributed by atoms with E-state index in [0.29, 0.717) is 0 Å². The molecule has 0 spiro atoms. The Labute approximate surface area is 61.0 Å². The normalized spacial score (nSPS) is 32.2. The molecule has 0 N–H and O–H groups in total. The highest BCUT2D eigenvalue weighted by molar-refractivity contribution is 7.85. The quantitative estimate of drug-likeness (QED) is 0.562. The molecule has 1 atom stereocenters. The Bertz CT molecular complexity index is 216. The fourth-order valence-corrected chi connectivity index (χ4v) is 2.44. The topological polar surface area (TPSA) is 46.6 Å². The van der Waals surface area contributed by atoms with Gasteiger partial charge in [0.15, 0.2) is 0 Å². The molecule has 0 aliphatic carbocycles. The van der Waals surface area contributed by atoms with Crippen LogP contribution in [0.3, 0.4) is 0 Å². The average Bonchev–Trinajstić information content (AvgIpc) is 1.58. The van der Waals surface area contributed by atoms with E-state index < -0.39 is 10.3 Å². The Morgan fingerprint density at radius 1 is 1.50 bits per heavy atom. The minimum absolute atomic E-state index is 0.00579. The second-order valence-corrected chi connectivity index (χ2v) is 4.05. The van der Waals surface area contributed by atoms with Gasteiger partial charge >= 0.3 is 10.3 Å². The molecular formula is C5H11NO3S. The van der Waals surface area contributed by atoms with Crippen molar-refractivity contribution in [3.8, 4) is 0 Å². The van der Waals surface area contributed by atoms with Gasteiger partial charge in [0.25, 0.3) is 0 Å². The van der Waals surface area contributed by atoms with Gasteiger partial charge in [-0.15, -0.1) is 4.31 Å². The first-order valence-electron chi connectivity index (χ1n) is 3.17. The highest BCUT2D eigenvalue weighted by atomic mass is 32.2. The molecule has 0 radical (unpaired) electrons. The van der Waals surface area contributed by atoms with Crippen molar-refractivity contribution >= 4 is 10.3 Å². The fourth-order valence-electron chi connectivity index (χ4n) is 1.09. The molecule has 5 heteroatoms. The van der Waals surface area contributed by atoms with E-state index in [-0.39, 0.29) is 12.3 Å². The van der Waals surface area contributed by atoms with Gasteiger partial charge in [-0.05, 0) is 20.8 Å². The molecule has 0 bridgehead atoms. The third-order valence-corrected chi connectivity index (χ3v) is 3.14. The SMILES string of the molecule is CC(C)N1C(C)OS1(=O)=O. The third-order valence-electron chi connectivity index (χ3n) is 1.39. The lowest BCUT2D eigenvalue weighted by molar-refractivity contribution is 0.00455. The maximum Gasteiger partial charge on any atom is 0.342 e. The van der Waals surface area contributed by atoms with Crippen molar-refractivity contribution in [2.75, 3.05) is 0 Å². The zero-order valence-corrected chi connectivity index (χ0v) is 7.05. The standard InChI is InChI=1S/C5H11NO3S/c1-4(2)6-5(3)9-10(6,7)8/h4-5H,1-3H3. The summed E-state index contributed by atoms with van der Waals surface area (Å²) in [5.41, 5.74) is 0. The molecule has 0 saturated carbocycles. The highest BCUT2D eigenvalue weighted by Crippen LogP contribution is 2.25. The van der Waals surface area contributed by atoms with E-state index in [1.165, 1.54) is 4.31 Å². The van der Waals surface area contributed by atoms with Crippen LogP contribution in [0.1, 0.15) is 20.8 Å². The van der Waals surface area contributed by atoms with Crippen molar-refractivity contribution in [3.63, 3.8) is 0 Å². The summed E-state index contributed by atoms with van der Waals surface area (Å²) in [6.07, 6.45) is -0.287.